The molecule has 13 nitrogen and oxygen atoms in total. The van der Waals surface area contributed by atoms with E-state index in [0.29, 0.717) is 63.3 Å². The Labute approximate surface area is 667 Å². The van der Waals surface area contributed by atoms with E-state index in [2.05, 4.69) is 167 Å². The van der Waals surface area contributed by atoms with Crippen molar-refractivity contribution in [3.63, 3.8) is 0 Å². The monoisotopic (exact) mass is 1490 g/mol. The molecule has 1 saturated heterocycles. The second-order valence-corrected chi connectivity index (χ2v) is 29.0. The summed E-state index contributed by atoms with van der Waals surface area (Å²) in [5.41, 5.74) is 15.5. The number of rotatable bonds is 14. The van der Waals surface area contributed by atoms with Crippen LogP contribution in [0.3, 0.4) is 0 Å². The van der Waals surface area contributed by atoms with Gasteiger partial charge in [0.2, 0.25) is 0 Å². The third kappa shape index (κ3) is 16.4. The summed E-state index contributed by atoms with van der Waals surface area (Å²) in [6, 6.07) is 124. The summed E-state index contributed by atoms with van der Waals surface area (Å²) in [4.78, 5) is 53.5. The Morgan fingerprint density at radius 2 is 0.465 bits per heavy atom. The maximum absolute atomic E-state index is 6.25. The highest BCUT2D eigenvalue weighted by atomic mass is 35.5. The second-order valence-electron chi connectivity index (χ2n) is 28.6. The van der Waals surface area contributed by atoms with Crippen LogP contribution in [-0.4, -0.2) is 73.1 Å². The number of halogens is 1. The predicted molar refractivity (Wildman–Crippen MR) is 461 cm³/mol. The molecular formula is C99H73BClN11O2. The molecule has 19 rings (SSSR count). The zero-order valence-electron chi connectivity index (χ0n) is 62.9. The molecule has 1 aliphatic rings. The molecule has 0 bridgehead atoms. The van der Waals surface area contributed by atoms with E-state index >= 15 is 0 Å². The minimum absolute atomic E-state index is 0.401. The van der Waals surface area contributed by atoms with Crippen LogP contribution in [0.5, 0.6) is 0 Å². The van der Waals surface area contributed by atoms with Gasteiger partial charge in [0.1, 0.15) is 0 Å². The number of hydrogen-bond donors (Lipinski definition) is 0. The van der Waals surface area contributed by atoms with Crippen LogP contribution in [0.4, 0.5) is 0 Å². The molecule has 0 saturated carbocycles. The molecule has 18 aromatic rings. The first-order chi connectivity index (χ1) is 55.8. The van der Waals surface area contributed by atoms with Crippen LogP contribution in [0.25, 0.3) is 169 Å². The minimum Gasteiger partial charge on any atom is -0.399 e. The van der Waals surface area contributed by atoms with Gasteiger partial charge in [-0.05, 0) is 114 Å². The first-order valence-corrected chi connectivity index (χ1v) is 38.1. The molecule has 0 atom stereocenters. The summed E-state index contributed by atoms with van der Waals surface area (Å²) in [5, 5.41) is 5.34. The molecular weight excluding hydrogens is 1420 g/mol. The van der Waals surface area contributed by atoms with Gasteiger partial charge in [-0.3, -0.25) is 0 Å². The standard InChI is InChI=1S/C47H31N5.C27H26BN3O2.C25H16ClN3/c1-4-14-34(15-5-1)42-31-43(49-44(48-42)35-16-6-2-7-17-35)40-22-12-21-39(29-40)33-23-26-37(27-24-33)46-50-45(36-18-8-3-9-19-36)51-47(52-46)41-28-25-32-13-10-11-20-38(32)30-41;1-26(2)27(3,4)33-28(32-26)22-17-11-16-21(18-22)25-30-23(19-12-7-5-8-13-19)29-24(31-25)20-14-9-6-10-15-20;26-22-14-12-19(13-15-22)24-27-23(18-7-2-1-3-8-18)28-25(29-24)21-11-10-17-6-4-5-9-20(17)16-21/h1-31H;5-18H,1-4H3;1-16H. The summed E-state index contributed by atoms with van der Waals surface area (Å²) in [5.74, 6) is 6.41. The highest BCUT2D eigenvalue weighted by Gasteiger charge is 2.51. The van der Waals surface area contributed by atoms with E-state index in [1.165, 1.54) is 10.8 Å². The Bertz CT molecular complexity index is 6300. The highest BCUT2D eigenvalue weighted by molar-refractivity contribution is 6.62. The number of fused-ring (bicyclic) bond motifs is 2. The van der Waals surface area contributed by atoms with Crippen molar-refractivity contribution in [2.45, 2.75) is 38.9 Å². The van der Waals surface area contributed by atoms with Crippen LogP contribution in [0, 0.1) is 0 Å². The molecule has 15 heteroatoms. The van der Waals surface area contributed by atoms with Crippen molar-refractivity contribution in [2.24, 2.45) is 0 Å². The molecule has 0 aliphatic carbocycles. The van der Waals surface area contributed by atoms with E-state index in [0.717, 1.165) is 106 Å². The SMILES string of the molecule is CC1(C)OB(c2cccc(-c3nc(-c4ccccc4)nc(-c4ccccc4)n3)c2)OC1(C)C.Clc1ccc(-c2nc(-c3ccccc3)nc(-c3ccc4ccccc4c3)n2)cc1.c1ccc(-c2cc(-c3cccc(-c4ccc(-c5nc(-c6ccccc6)nc(-c6ccc7ccccc7c6)n5)cc4)c3)nc(-c3ccccc3)n2)cc1. The van der Waals surface area contributed by atoms with Crippen LogP contribution in [0.1, 0.15) is 27.7 Å². The van der Waals surface area contributed by atoms with E-state index in [1.54, 1.807) is 0 Å². The Morgan fingerprint density at radius 3 is 0.860 bits per heavy atom. The van der Waals surface area contributed by atoms with Gasteiger partial charge >= 0.3 is 7.12 Å². The highest BCUT2D eigenvalue weighted by Crippen LogP contribution is 2.39. The van der Waals surface area contributed by atoms with Gasteiger partial charge in [-0.15, -0.1) is 0 Å². The van der Waals surface area contributed by atoms with Gasteiger partial charge in [0.25, 0.3) is 0 Å². The number of nitrogens with zero attached hydrogens (tertiary/aromatic N) is 11. The molecule has 546 valence electrons. The van der Waals surface area contributed by atoms with Gasteiger partial charge < -0.3 is 9.31 Å². The molecule has 0 amide bonds. The normalized spacial score (nSPS) is 12.7. The average molecular weight is 1500 g/mol. The van der Waals surface area contributed by atoms with Gasteiger partial charge in [-0.2, -0.15) is 0 Å². The fourth-order valence-corrected chi connectivity index (χ4v) is 13.6. The number of aromatic nitrogens is 11. The molecule has 4 aromatic heterocycles. The lowest BCUT2D eigenvalue weighted by Crippen LogP contribution is -2.41. The first kappa shape index (κ1) is 72.8. The van der Waals surface area contributed by atoms with Crippen LogP contribution < -0.4 is 5.46 Å². The zero-order chi connectivity index (χ0) is 77.4. The van der Waals surface area contributed by atoms with Crippen molar-refractivity contribution in [1.29, 1.82) is 0 Å². The molecule has 0 radical (unpaired) electrons. The van der Waals surface area contributed by atoms with Crippen molar-refractivity contribution < 1.29 is 9.31 Å². The van der Waals surface area contributed by atoms with Crippen LogP contribution in [0.2, 0.25) is 5.02 Å². The maximum Gasteiger partial charge on any atom is 0.494 e. The molecule has 5 heterocycles. The van der Waals surface area contributed by atoms with E-state index in [-0.39, 0.29) is 0 Å². The topological polar surface area (TPSA) is 160 Å². The second kappa shape index (κ2) is 32.5. The quantitative estimate of drug-likeness (QED) is 0.0947. The van der Waals surface area contributed by atoms with Crippen LogP contribution in [0.15, 0.2) is 370 Å². The molecule has 1 fully saturated rings. The Kier molecular flexibility index (Phi) is 20.8. The Hall–Kier alpha value is -14.0. The van der Waals surface area contributed by atoms with Gasteiger partial charge in [0.05, 0.1) is 22.6 Å². The molecule has 0 spiro atoms. The zero-order valence-corrected chi connectivity index (χ0v) is 63.7. The maximum atomic E-state index is 6.25. The van der Waals surface area contributed by atoms with Crippen molar-refractivity contribution in [3.8, 4) is 148 Å². The summed E-state index contributed by atoms with van der Waals surface area (Å²) in [6.45, 7) is 8.23. The fraction of sp³-hybridized carbons (Fsp3) is 0.0606. The van der Waals surface area contributed by atoms with E-state index < -0.39 is 18.3 Å². The van der Waals surface area contributed by atoms with Gasteiger partial charge in [-0.25, -0.2) is 54.8 Å². The van der Waals surface area contributed by atoms with Gasteiger partial charge in [-0.1, -0.05) is 333 Å². The summed E-state index contributed by atoms with van der Waals surface area (Å²) >= 11 is 6.06. The lowest BCUT2D eigenvalue weighted by molar-refractivity contribution is 0.00578. The van der Waals surface area contributed by atoms with E-state index in [1.807, 2.05) is 231 Å². The average Bonchev–Trinajstić information content (AvgIpc) is 1.58. The molecule has 14 aromatic carbocycles. The van der Waals surface area contributed by atoms with Crippen molar-refractivity contribution in [2.75, 3.05) is 0 Å². The predicted octanol–water partition coefficient (Wildman–Crippen LogP) is 23.3. The van der Waals surface area contributed by atoms with Gasteiger partial charge in [0.15, 0.2) is 58.2 Å². The lowest BCUT2D eigenvalue weighted by atomic mass is 9.78. The summed E-state index contributed by atoms with van der Waals surface area (Å²) in [6.07, 6.45) is 0. The molecule has 114 heavy (non-hydrogen) atoms. The van der Waals surface area contributed by atoms with Crippen LogP contribution >= 0.6 is 11.6 Å². The largest absolute Gasteiger partial charge is 0.494 e. The molecule has 1 aliphatic heterocycles. The first-order valence-electron chi connectivity index (χ1n) is 37.7. The Morgan fingerprint density at radius 1 is 0.202 bits per heavy atom. The minimum atomic E-state index is -0.445. The molecule has 0 unspecified atom stereocenters. The molecule has 0 N–H and O–H groups in total. The summed E-state index contributed by atoms with van der Waals surface area (Å²) < 4.78 is 12.5. The third-order valence-corrected chi connectivity index (χ3v) is 20.5. The third-order valence-electron chi connectivity index (χ3n) is 20.3. The smallest absolute Gasteiger partial charge is 0.399 e. The number of benzene rings is 14. The lowest BCUT2D eigenvalue weighted by Gasteiger charge is -2.32. The van der Waals surface area contributed by atoms with E-state index in [9.17, 15) is 0 Å². The van der Waals surface area contributed by atoms with Crippen molar-refractivity contribution in [3.05, 3.63) is 375 Å². The summed E-state index contributed by atoms with van der Waals surface area (Å²) in [7, 11) is -0.445. The number of hydrogen-bond acceptors (Lipinski definition) is 13. The van der Waals surface area contributed by atoms with Crippen molar-refractivity contribution in [1.82, 2.24) is 54.8 Å². The fourth-order valence-electron chi connectivity index (χ4n) is 13.4. The van der Waals surface area contributed by atoms with Crippen molar-refractivity contribution >= 4 is 45.7 Å². The van der Waals surface area contributed by atoms with E-state index in [4.69, 9.17) is 75.7 Å². The van der Waals surface area contributed by atoms with Gasteiger partial charge in [0, 0.05) is 71.8 Å². The van der Waals surface area contributed by atoms with Crippen LogP contribution in [-0.2, 0) is 9.31 Å². The Balaban J connectivity index is 0.000000131.